The van der Waals surface area contributed by atoms with Crippen molar-refractivity contribution in [1.82, 2.24) is 4.72 Å². The topological polar surface area (TPSA) is 112 Å². The van der Waals surface area contributed by atoms with Crippen LogP contribution in [-0.4, -0.2) is 33.5 Å². The number of rotatable bonds is 9. The van der Waals surface area contributed by atoms with Crippen molar-refractivity contribution >= 4 is 32.9 Å². The lowest BCUT2D eigenvalue weighted by molar-refractivity contribution is -0.144. The number of hydrogen-bond donors (Lipinski definition) is 1. The Morgan fingerprint density at radius 3 is 2.50 bits per heavy atom. The maximum atomic E-state index is 12.4. The summed E-state index contributed by atoms with van der Waals surface area (Å²) in [7, 11) is -3.74. The molecule has 0 atom stereocenters. The number of benzene rings is 2. The Balaban J connectivity index is 1.61. The van der Waals surface area contributed by atoms with E-state index in [1.54, 1.807) is 43.3 Å². The molecule has 0 bridgehead atoms. The van der Waals surface area contributed by atoms with Gasteiger partial charge < -0.3 is 13.9 Å². The number of fused-ring (bicyclic) bond motifs is 1. The van der Waals surface area contributed by atoms with Gasteiger partial charge in [-0.1, -0.05) is 24.3 Å². The summed E-state index contributed by atoms with van der Waals surface area (Å²) in [6, 6.07) is 11.8. The minimum Gasteiger partial charge on any atom is -0.461 e. The van der Waals surface area contributed by atoms with E-state index in [0.717, 1.165) is 11.1 Å². The third-order valence-corrected chi connectivity index (χ3v) is 6.41. The van der Waals surface area contributed by atoms with Crippen LogP contribution in [0.25, 0.3) is 11.0 Å². The van der Waals surface area contributed by atoms with E-state index in [2.05, 4.69) is 4.72 Å². The van der Waals surface area contributed by atoms with Gasteiger partial charge in [0.1, 0.15) is 12.2 Å². The van der Waals surface area contributed by atoms with Crippen molar-refractivity contribution in [3.8, 4) is 0 Å². The molecule has 2 aromatic carbocycles. The number of hydrogen-bond acceptors (Lipinski definition) is 7. The molecular weight excluding hydrogens is 434 g/mol. The fourth-order valence-corrected chi connectivity index (χ4v) is 4.20. The van der Waals surface area contributed by atoms with Crippen molar-refractivity contribution in [3.05, 3.63) is 64.9 Å². The van der Waals surface area contributed by atoms with Crippen molar-refractivity contribution < 1.29 is 31.9 Å². The molecule has 0 saturated carbocycles. The molecule has 0 aliphatic heterocycles. The predicted molar refractivity (Wildman–Crippen MR) is 118 cm³/mol. The molecule has 32 heavy (non-hydrogen) atoms. The van der Waals surface area contributed by atoms with Crippen molar-refractivity contribution in [1.29, 1.82) is 0 Å². The van der Waals surface area contributed by atoms with Gasteiger partial charge in [-0.05, 0) is 50.1 Å². The van der Waals surface area contributed by atoms with Crippen molar-refractivity contribution in [2.75, 3.05) is 13.2 Å². The quantitative estimate of drug-likeness (QED) is 0.486. The van der Waals surface area contributed by atoms with Gasteiger partial charge in [-0.3, -0.25) is 4.79 Å². The Morgan fingerprint density at radius 1 is 1.03 bits per heavy atom. The van der Waals surface area contributed by atoms with Crippen molar-refractivity contribution in [2.45, 2.75) is 38.7 Å². The molecule has 1 heterocycles. The molecular formula is C23H25NO7S. The Hall–Kier alpha value is -3.17. The van der Waals surface area contributed by atoms with E-state index in [1.807, 2.05) is 13.8 Å². The maximum Gasteiger partial charge on any atom is 0.374 e. The molecule has 0 aliphatic rings. The number of aryl methyl sites for hydroxylation is 2. The van der Waals surface area contributed by atoms with Crippen molar-refractivity contribution in [3.63, 3.8) is 0 Å². The Bertz CT molecular complexity index is 1240. The minimum absolute atomic E-state index is 0.0173. The van der Waals surface area contributed by atoms with Gasteiger partial charge in [-0.15, -0.1) is 0 Å². The first-order chi connectivity index (χ1) is 15.2. The minimum atomic E-state index is -3.74. The Labute approximate surface area is 186 Å². The van der Waals surface area contributed by atoms with Crippen LogP contribution in [0.2, 0.25) is 0 Å². The molecule has 9 heteroatoms. The summed E-state index contributed by atoms with van der Waals surface area (Å²) < 4.78 is 43.1. The number of para-hydroxylation sites is 1. The second-order valence-corrected chi connectivity index (χ2v) is 8.95. The molecule has 3 aromatic rings. The van der Waals surface area contributed by atoms with Crippen LogP contribution >= 0.6 is 0 Å². The third-order valence-electron chi connectivity index (χ3n) is 4.95. The summed E-state index contributed by atoms with van der Waals surface area (Å²) in [6.07, 6.45) is -0.172. The lowest BCUT2D eigenvalue weighted by Crippen LogP contribution is -2.27. The molecule has 0 radical (unpaired) electrons. The van der Waals surface area contributed by atoms with E-state index < -0.39 is 22.0 Å². The summed E-state index contributed by atoms with van der Waals surface area (Å²) in [5.41, 5.74) is 2.73. The molecule has 3 rings (SSSR count). The highest BCUT2D eigenvalue weighted by atomic mass is 32.2. The lowest BCUT2D eigenvalue weighted by atomic mass is 10.1. The van der Waals surface area contributed by atoms with Gasteiger partial charge in [-0.2, -0.15) is 0 Å². The van der Waals surface area contributed by atoms with Gasteiger partial charge in [0.15, 0.2) is 0 Å². The van der Waals surface area contributed by atoms with Crippen LogP contribution in [0.4, 0.5) is 0 Å². The van der Waals surface area contributed by atoms with Crippen LogP contribution in [0.1, 0.15) is 40.6 Å². The number of ether oxygens (including phenoxy) is 2. The van der Waals surface area contributed by atoms with Gasteiger partial charge in [0.25, 0.3) is 0 Å². The molecule has 0 saturated heterocycles. The number of sulfonamides is 1. The largest absolute Gasteiger partial charge is 0.461 e. The van der Waals surface area contributed by atoms with E-state index in [0.29, 0.717) is 16.5 Å². The molecule has 1 aromatic heterocycles. The van der Waals surface area contributed by atoms with E-state index >= 15 is 0 Å². The average Bonchev–Trinajstić information content (AvgIpc) is 3.13. The first kappa shape index (κ1) is 23.5. The van der Waals surface area contributed by atoms with Gasteiger partial charge >= 0.3 is 11.9 Å². The number of furan rings is 1. The molecule has 0 fully saturated rings. The SMILES string of the molecule is CCOC(=O)c1oc2ccccc2c1COC(=O)CCNS(=O)(=O)c1ccc(C)c(C)c1. The molecule has 0 aliphatic carbocycles. The van der Waals surface area contributed by atoms with E-state index in [1.165, 1.54) is 6.07 Å². The second kappa shape index (κ2) is 9.97. The Morgan fingerprint density at radius 2 is 1.78 bits per heavy atom. The summed E-state index contributed by atoms with van der Waals surface area (Å²) in [4.78, 5) is 24.5. The standard InChI is InChI=1S/C23H25NO7S/c1-4-29-23(26)22-19(18-7-5-6-8-20(18)31-22)14-30-21(25)11-12-24-32(27,28)17-10-9-15(2)16(3)13-17/h5-10,13,24H,4,11-12,14H2,1-3H3. The second-order valence-electron chi connectivity index (χ2n) is 7.18. The van der Waals surface area contributed by atoms with Crippen LogP contribution in [-0.2, 0) is 30.9 Å². The number of esters is 2. The summed E-state index contributed by atoms with van der Waals surface area (Å²) in [6.45, 7) is 5.26. The van der Waals surface area contributed by atoms with Gasteiger partial charge in [-0.25, -0.2) is 17.9 Å². The smallest absolute Gasteiger partial charge is 0.374 e. The van der Waals surface area contributed by atoms with E-state index in [4.69, 9.17) is 13.9 Å². The van der Waals surface area contributed by atoms with Crippen LogP contribution in [0, 0.1) is 13.8 Å². The zero-order chi connectivity index (χ0) is 23.3. The van der Waals surface area contributed by atoms with Gasteiger partial charge in [0.2, 0.25) is 15.8 Å². The average molecular weight is 460 g/mol. The molecule has 0 spiro atoms. The summed E-state index contributed by atoms with van der Waals surface area (Å²) in [5.74, 6) is -1.28. The number of nitrogens with one attached hydrogen (secondary N) is 1. The van der Waals surface area contributed by atoms with Crippen LogP contribution in [0.15, 0.2) is 51.8 Å². The fraction of sp³-hybridized carbons (Fsp3) is 0.304. The molecule has 0 amide bonds. The molecule has 170 valence electrons. The zero-order valence-electron chi connectivity index (χ0n) is 18.1. The number of carbonyl (C=O) groups excluding carboxylic acids is 2. The van der Waals surface area contributed by atoms with Crippen LogP contribution < -0.4 is 4.72 Å². The zero-order valence-corrected chi connectivity index (χ0v) is 19.0. The Kier molecular flexibility index (Phi) is 7.32. The molecule has 1 N–H and O–H groups in total. The summed E-state index contributed by atoms with van der Waals surface area (Å²) in [5, 5.41) is 0.638. The molecule has 8 nitrogen and oxygen atoms in total. The maximum absolute atomic E-state index is 12.4. The van der Waals surface area contributed by atoms with Crippen LogP contribution in [0.3, 0.4) is 0 Å². The van der Waals surface area contributed by atoms with Gasteiger partial charge in [0, 0.05) is 11.9 Å². The van der Waals surface area contributed by atoms with Crippen molar-refractivity contribution in [2.24, 2.45) is 0 Å². The van der Waals surface area contributed by atoms with E-state index in [9.17, 15) is 18.0 Å². The lowest BCUT2D eigenvalue weighted by Gasteiger charge is -2.09. The first-order valence-electron chi connectivity index (χ1n) is 10.1. The normalized spacial score (nSPS) is 11.5. The number of carbonyl (C=O) groups is 2. The van der Waals surface area contributed by atoms with Gasteiger partial charge in [0.05, 0.1) is 23.5 Å². The highest BCUT2D eigenvalue weighted by Gasteiger charge is 2.23. The highest BCUT2D eigenvalue weighted by Crippen LogP contribution is 2.27. The highest BCUT2D eigenvalue weighted by molar-refractivity contribution is 7.89. The van der Waals surface area contributed by atoms with Crippen LogP contribution in [0.5, 0.6) is 0 Å². The monoisotopic (exact) mass is 459 g/mol. The molecule has 0 unspecified atom stereocenters. The predicted octanol–water partition coefficient (Wildman–Crippen LogP) is 3.64. The third kappa shape index (κ3) is 5.35. The fourth-order valence-electron chi connectivity index (χ4n) is 3.08. The summed E-state index contributed by atoms with van der Waals surface area (Å²) >= 11 is 0. The first-order valence-corrected chi connectivity index (χ1v) is 11.6. The van der Waals surface area contributed by atoms with E-state index in [-0.39, 0.29) is 36.8 Å².